The van der Waals surface area contributed by atoms with Gasteiger partial charge in [-0.15, -0.1) is 10.2 Å². The van der Waals surface area contributed by atoms with E-state index in [1.54, 1.807) is 12.1 Å². The Morgan fingerprint density at radius 2 is 1.69 bits per heavy atom. The Bertz CT molecular complexity index is 1110. The van der Waals surface area contributed by atoms with Crippen LogP contribution in [0.4, 0.5) is 15.9 Å². The summed E-state index contributed by atoms with van der Waals surface area (Å²) in [6.07, 6.45) is 1.93. The molecule has 0 aliphatic rings. The minimum absolute atomic E-state index is 0.281. The zero-order valence-electron chi connectivity index (χ0n) is 14.5. The number of hydrogen-bond acceptors (Lipinski definition) is 3. The van der Waals surface area contributed by atoms with Gasteiger partial charge in [-0.1, -0.05) is 18.2 Å². The van der Waals surface area contributed by atoms with Crippen molar-refractivity contribution in [1.82, 2.24) is 9.38 Å². The van der Waals surface area contributed by atoms with Gasteiger partial charge >= 0.3 is 0 Å². The Balaban J connectivity index is 1.89. The highest BCUT2D eigenvalue weighted by molar-refractivity contribution is 5.74. The van der Waals surface area contributed by atoms with Crippen molar-refractivity contribution in [2.75, 3.05) is 0 Å². The first-order valence-corrected chi connectivity index (χ1v) is 8.34. The van der Waals surface area contributed by atoms with E-state index >= 15 is 0 Å². The van der Waals surface area contributed by atoms with Gasteiger partial charge in [0.05, 0.1) is 5.69 Å². The van der Waals surface area contributed by atoms with Crippen molar-refractivity contribution < 1.29 is 4.39 Å². The van der Waals surface area contributed by atoms with Crippen molar-refractivity contribution in [2.24, 2.45) is 10.2 Å². The predicted octanol–water partition coefficient (Wildman–Crippen LogP) is 6.17. The number of nitrogens with zero attached hydrogens (tertiary/aromatic N) is 4. The highest BCUT2D eigenvalue weighted by Crippen LogP contribution is 2.33. The molecule has 0 bridgehead atoms. The molecule has 0 unspecified atom stereocenters. The molecule has 4 rings (SSSR count). The molecule has 0 N–H and O–H groups in total. The number of hydrogen-bond donors (Lipinski definition) is 0. The summed E-state index contributed by atoms with van der Waals surface area (Å²) >= 11 is 0. The first-order chi connectivity index (χ1) is 12.6. The quantitative estimate of drug-likeness (QED) is 0.410. The molecule has 0 saturated carbocycles. The van der Waals surface area contributed by atoms with E-state index in [0.717, 1.165) is 28.0 Å². The van der Waals surface area contributed by atoms with E-state index in [1.807, 2.05) is 60.8 Å². The van der Waals surface area contributed by atoms with Gasteiger partial charge in [0.1, 0.15) is 17.2 Å². The van der Waals surface area contributed by atoms with Crippen LogP contribution in [0, 0.1) is 19.7 Å². The SMILES string of the molecule is Cc1ccn2c(N=Nc3ccccc3C)c(-c3ccc(F)cc3)nc2c1. The van der Waals surface area contributed by atoms with Crippen molar-refractivity contribution in [3.8, 4) is 11.3 Å². The van der Waals surface area contributed by atoms with E-state index < -0.39 is 0 Å². The zero-order chi connectivity index (χ0) is 18.1. The van der Waals surface area contributed by atoms with Gasteiger partial charge in [-0.2, -0.15) is 0 Å². The molecular weight excluding hydrogens is 327 g/mol. The second-order valence-electron chi connectivity index (χ2n) is 6.21. The average Bonchev–Trinajstić information content (AvgIpc) is 2.99. The highest BCUT2D eigenvalue weighted by atomic mass is 19.1. The summed E-state index contributed by atoms with van der Waals surface area (Å²) in [4.78, 5) is 4.69. The largest absolute Gasteiger partial charge is 0.283 e. The van der Waals surface area contributed by atoms with Crippen LogP contribution < -0.4 is 0 Å². The fraction of sp³-hybridized carbons (Fsp3) is 0.0952. The maximum atomic E-state index is 13.3. The molecule has 2 aromatic heterocycles. The number of halogens is 1. The van der Waals surface area contributed by atoms with Crippen LogP contribution in [0.5, 0.6) is 0 Å². The third-order valence-electron chi connectivity index (χ3n) is 4.24. The van der Waals surface area contributed by atoms with E-state index in [2.05, 4.69) is 10.2 Å². The van der Waals surface area contributed by atoms with Gasteiger partial charge in [-0.3, -0.25) is 4.40 Å². The van der Waals surface area contributed by atoms with E-state index in [0.29, 0.717) is 11.5 Å². The molecule has 2 heterocycles. The smallest absolute Gasteiger partial charge is 0.187 e. The molecule has 0 radical (unpaired) electrons. The van der Waals surface area contributed by atoms with Crippen LogP contribution in [0.25, 0.3) is 16.9 Å². The van der Waals surface area contributed by atoms with Gasteiger partial charge in [0.2, 0.25) is 0 Å². The molecular formula is C21H17FN4. The number of imidazole rings is 1. The molecule has 0 fully saturated rings. The lowest BCUT2D eigenvalue weighted by Gasteiger charge is -2.01. The van der Waals surface area contributed by atoms with Crippen molar-refractivity contribution in [3.63, 3.8) is 0 Å². The molecule has 0 amide bonds. The van der Waals surface area contributed by atoms with E-state index in [9.17, 15) is 4.39 Å². The Kier molecular flexibility index (Phi) is 4.05. The summed E-state index contributed by atoms with van der Waals surface area (Å²) in [5.74, 6) is 0.339. The highest BCUT2D eigenvalue weighted by Gasteiger charge is 2.14. The summed E-state index contributed by atoms with van der Waals surface area (Å²) in [5.41, 5.74) is 5.21. The molecule has 0 atom stereocenters. The fourth-order valence-electron chi connectivity index (χ4n) is 2.81. The fourth-order valence-corrected chi connectivity index (χ4v) is 2.81. The molecule has 4 nitrogen and oxygen atoms in total. The lowest BCUT2D eigenvalue weighted by atomic mass is 10.1. The van der Waals surface area contributed by atoms with Crippen LogP contribution in [-0.2, 0) is 0 Å². The lowest BCUT2D eigenvalue weighted by Crippen LogP contribution is -1.84. The standard InChI is InChI=1S/C21H17FN4/c1-14-11-12-26-19(13-14)23-20(16-7-9-17(22)10-8-16)21(26)25-24-18-6-4-3-5-15(18)2/h3-13H,1-2H3. The Morgan fingerprint density at radius 1 is 0.923 bits per heavy atom. The van der Waals surface area contributed by atoms with Gasteiger partial charge in [0, 0.05) is 11.8 Å². The number of pyridine rings is 1. The van der Waals surface area contributed by atoms with Crippen LogP contribution in [-0.4, -0.2) is 9.38 Å². The van der Waals surface area contributed by atoms with Crippen molar-refractivity contribution in [1.29, 1.82) is 0 Å². The van der Waals surface area contributed by atoms with Crippen LogP contribution in [0.1, 0.15) is 11.1 Å². The second kappa shape index (κ2) is 6.52. The van der Waals surface area contributed by atoms with Crippen LogP contribution in [0.15, 0.2) is 77.1 Å². The maximum absolute atomic E-state index is 13.3. The number of aryl methyl sites for hydroxylation is 2. The first kappa shape index (κ1) is 16.1. The minimum atomic E-state index is -0.281. The third-order valence-corrected chi connectivity index (χ3v) is 4.24. The molecule has 0 spiro atoms. The van der Waals surface area contributed by atoms with Gasteiger partial charge in [0.15, 0.2) is 5.82 Å². The maximum Gasteiger partial charge on any atom is 0.187 e. The molecule has 26 heavy (non-hydrogen) atoms. The van der Waals surface area contributed by atoms with E-state index in [4.69, 9.17) is 4.98 Å². The molecule has 4 aromatic rings. The Morgan fingerprint density at radius 3 is 2.46 bits per heavy atom. The van der Waals surface area contributed by atoms with Crippen molar-refractivity contribution in [3.05, 3.63) is 83.8 Å². The van der Waals surface area contributed by atoms with Gasteiger partial charge in [-0.25, -0.2) is 9.37 Å². The van der Waals surface area contributed by atoms with Gasteiger partial charge in [-0.05, 0) is 67.4 Å². The average molecular weight is 344 g/mol. The van der Waals surface area contributed by atoms with Gasteiger partial charge < -0.3 is 0 Å². The predicted molar refractivity (Wildman–Crippen MR) is 101 cm³/mol. The van der Waals surface area contributed by atoms with Crippen LogP contribution in [0.3, 0.4) is 0 Å². The summed E-state index contributed by atoms with van der Waals surface area (Å²) in [6.45, 7) is 4.01. The zero-order valence-corrected chi connectivity index (χ0v) is 14.5. The summed E-state index contributed by atoms with van der Waals surface area (Å²) in [5, 5.41) is 8.90. The van der Waals surface area contributed by atoms with Crippen molar-refractivity contribution in [2.45, 2.75) is 13.8 Å². The molecule has 5 heteroatoms. The lowest BCUT2D eigenvalue weighted by molar-refractivity contribution is 0.628. The van der Waals surface area contributed by atoms with E-state index in [-0.39, 0.29) is 5.82 Å². The molecule has 0 saturated heterocycles. The number of aromatic nitrogens is 2. The Hall–Kier alpha value is -3.34. The number of benzene rings is 2. The molecule has 0 aliphatic carbocycles. The van der Waals surface area contributed by atoms with E-state index in [1.165, 1.54) is 12.1 Å². The molecule has 0 aliphatic heterocycles. The number of rotatable bonds is 3. The summed E-state index contributed by atoms with van der Waals surface area (Å²) in [7, 11) is 0. The first-order valence-electron chi connectivity index (χ1n) is 8.34. The number of azo groups is 1. The molecule has 2 aromatic carbocycles. The van der Waals surface area contributed by atoms with Crippen LogP contribution >= 0.6 is 0 Å². The third kappa shape index (κ3) is 2.99. The summed E-state index contributed by atoms with van der Waals surface area (Å²) in [6, 6.07) is 18.1. The van der Waals surface area contributed by atoms with Crippen molar-refractivity contribution >= 4 is 17.2 Å². The monoisotopic (exact) mass is 344 g/mol. The number of fused-ring (bicyclic) bond motifs is 1. The minimum Gasteiger partial charge on any atom is -0.283 e. The second-order valence-corrected chi connectivity index (χ2v) is 6.21. The summed E-state index contributed by atoms with van der Waals surface area (Å²) < 4.78 is 15.2. The molecule has 128 valence electrons. The van der Waals surface area contributed by atoms with Crippen LogP contribution in [0.2, 0.25) is 0 Å². The van der Waals surface area contributed by atoms with Gasteiger partial charge in [0.25, 0.3) is 0 Å². The normalized spacial score (nSPS) is 11.5. The Labute approximate surface area is 150 Å². The topological polar surface area (TPSA) is 42.0 Å².